The second-order valence-electron chi connectivity index (χ2n) is 6.67. The van der Waals surface area contributed by atoms with Crippen LogP contribution in [-0.2, 0) is 4.74 Å². The highest BCUT2D eigenvalue weighted by molar-refractivity contribution is 4.98. The Balaban J connectivity index is 1.51. The zero-order valence-corrected chi connectivity index (χ0v) is 11.9. The molecule has 104 valence electrons. The van der Waals surface area contributed by atoms with Gasteiger partial charge >= 0.3 is 0 Å². The van der Waals surface area contributed by atoms with Crippen molar-refractivity contribution in [3.05, 3.63) is 0 Å². The molecule has 0 spiro atoms. The fourth-order valence-corrected chi connectivity index (χ4v) is 3.28. The third-order valence-electron chi connectivity index (χ3n) is 4.68. The molecule has 0 amide bonds. The van der Waals surface area contributed by atoms with Gasteiger partial charge in [0.25, 0.3) is 0 Å². The van der Waals surface area contributed by atoms with Gasteiger partial charge in [0.1, 0.15) is 0 Å². The topological polar surface area (TPSA) is 24.5 Å². The van der Waals surface area contributed by atoms with Crippen molar-refractivity contribution in [2.24, 2.45) is 11.8 Å². The molecular weight excluding hydrogens is 224 g/mol. The first-order valence-corrected chi connectivity index (χ1v) is 7.83. The van der Waals surface area contributed by atoms with Crippen molar-refractivity contribution in [3.8, 4) is 0 Å². The monoisotopic (exact) mass is 252 g/mol. The summed E-state index contributed by atoms with van der Waals surface area (Å²) in [6, 6.07) is 1.55. The zero-order chi connectivity index (χ0) is 12.5. The number of hydrogen-bond acceptors (Lipinski definition) is 3. The predicted octanol–water partition coefficient (Wildman–Crippen LogP) is 1.87. The minimum atomic E-state index is 0.367. The van der Waals surface area contributed by atoms with Gasteiger partial charge < -0.3 is 10.1 Å². The minimum absolute atomic E-state index is 0.367. The molecule has 3 heteroatoms. The fourth-order valence-electron chi connectivity index (χ4n) is 3.28. The minimum Gasteiger partial charge on any atom is -0.377 e. The molecule has 1 aliphatic heterocycles. The van der Waals surface area contributed by atoms with E-state index in [4.69, 9.17) is 4.74 Å². The Kier molecular flexibility index (Phi) is 3.92. The average molecular weight is 252 g/mol. The van der Waals surface area contributed by atoms with E-state index >= 15 is 0 Å². The quantitative estimate of drug-likeness (QED) is 0.781. The molecule has 1 heterocycles. The summed E-state index contributed by atoms with van der Waals surface area (Å²) in [7, 11) is 0. The Morgan fingerprint density at radius 1 is 1.17 bits per heavy atom. The number of piperazine rings is 1. The summed E-state index contributed by atoms with van der Waals surface area (Å²) in [5.74, 6) is 1.94. The molecule has 2 unspecified atom stereocenters. The summed E-state index contributed by atoms with van der Waals surface area (Å²) in [6.45, 7) is 8.76. The Bertz CT molecular complexity index is 274. The van der Waals surface area contributed by atoms with Crippen LogP contribution in [0.5, 0.6) is 0 Å². The van der Waals surface area contributed by atoms with Crippen LogP contribution in [0.1, 0.15) is 39.5 Å². The Labute approximate surface area is 111 Å². The molecule has 3 rings (SSSR count). The van der Waals surface area contributed by atoms with E-state index in [0.29, 0.717) is 6.10 Å². The van der Waals surface area contributed by atoms with E-state index < -0.39 is 0 Å². The summed E-state index contributed by atoms with van der Waals surface area (Å²) < 4.78 is 5.74. The first-order chi connectivity index (χ1) is 8.74. The van der Waals surface area contributed by atoms with E-state index in [1.807, 2.05) is 0 Å². The lowest BCUT2D eigenvalue weighted by atomic mass is 10.0. The molecular formula is C15H28N2O. The molecule has 3 aliphatic rings. The van der Waals surface area contributed by atoms with Gasteiger partial charge in [-0.25, -0.2) is 0 Å². The molecule has 0 aromatic carbocycles. The van der Waals surface area contributed by atoms with Crippen LogP contribution in [-0.4, -0.2) is 49.3 Å². The molecule has 2 atom stereocenters. The van der Waals surface area contributed by atoms with Gasteiger partial charge in [0.15, 0.2) is 0 Å². The van der Waals surface area contributed by atoms with Gasteiger partial charge in [-0.3, -0.25) is 4.90 Å². The highest BCUT2D eigenvalue weighted by Gasteiger charge is 2.42. The molecule has 0 aromatic rings. The average Bonchev–Trinajstić information content (AvgIpc) is 3.20. The summed E-state index contributed by atoms with van der Waals surface area (Å²) in [5, 5.41) is 3.80. The molecule has 2 saturated carbocycles. The molecule has 3 nitrogen and oxygen atoms in total. The fraction of sp³-hybridized carbons (Fsp3) is 1.00. The van der Waals surface area contributed by atoms with E-state index in [1.165, 1.54) is 38.8 Å². The van der Waals surface area contributed by atoms with Crippen LogP contribution in [0.4, 0.5) is 0 Å². The maximum absolute atomic E-state index is 5.74. The third-order valence-corrected chi connectivity index (χ3v) is 4.68. The second-order valence-corrected chi connectivity index (χ2v) is 6.67. The van der Waals surface area contributed by atoms with Crippen molar-refractivity contribution in [1.29, 1.82) is 0 Å². The molecule has 18 heavy (non-hydrogen) atoms. The molecule has 0 aromatic heterocycles. The van der Waals surface area contributed by atoms with Gasteiger partial charge in [-0.1, -0.05) is 0 Å². The van der Waals surface area contributed by atoms with Crippen LogP contribution in [0.25, 0.3) is 0 Å². The molecule has 3 fully saturated rings. The Hall–Kier alpha value is -0.120. The summed E-state index contributed by atoms with van der Waals surface area (Å²) in [4.78, 5) is 2.72. The third kappa shape index (κ3) is 3.25. The van der Waals surface area contributed by atoms with Gasteiger partial charge in [0.05, 0.1) is 12.7 Å². The number of hydrogen-bond donors (Lipinski definition) is 1. The molecule has 0 bridgehead atoms. The summed E-state index contributed by atoms with van der Waals surface area (Å²) >= 11 is 0. The zero-order valence-electron chi connectivity index (χ0n) is 11.9. The van der Waals surface area contributed by atoms with E-state index in [2.05, 4.69) is 24.1 Å². The lowest BCUT2D eigenvalue weighted by Crippen LogP contribution is -2.58. The number of ether oxygens (including phenoxy) is 1. The van der Waals surface area contributed by atoms with Gasteiger partial charge in [-0.2, -0.15) is 0 Å². The summed E-state index contributed by atoms with van der Waals surface area (Å²) in [6.07, 6.45) is 6.15. The number of rotatable bonds is 6. The lowest BCUT2D eigenvalue weighted by molar-refractivity contribution is 0.0304. The molecule has 1 saturated heterocycles. The van der Waals surface area contributed by atoms with E-state index in [1.54, 1.807) is 0 Å². The Morgan fingerprint density at radius 2 is 1.89 bits per heavy atom. The van der Waals surface area contributed by atoms with Crippen LogP contribution in [0, 0.1) is 11.8 Å². The smallest absolute Gasteiger partial charge is 0.0597 e. The normalized spacial score (nSPS) is 34.2. The van der Waals surface area contributed by atoms with Crippen molar-refractivity contribution in [2.45, 2.75) is 57.7 Å². The van der Waals surface area contributed by atoms with Gasteiger partial charge in [-0.15, -0.1) is 0 Å². The second kappa shape index (κ2) is 5.48. The van der Waals surface area contributed by atoms with Crippen molar-refractivity contribution in [2.75, 3.05) is 26.2 Å². The van der Waals surface area contributed by atoms with Gasteiger partial charge in [0, 0.05) is 31.7 Å². The predicted molar refractivity (Wildman–Crippen MR) is 73.7 cm³/mol. The van der Waals surface area contributed by atoms with Crippen molar-refractivity contribution < 1.29 is 4.74 Å². The highest BCUT2D eigenvalue weighted by atomic mass is 16.5. The summed E-state index contributed by atoms with van der Waals surface area (Å²) in [5.41, 5.74) is 0. The van der Waals surface area contributed by atoms with Crippen LogP contribution >= 0.6 is 0 Å². The van der Waals surface area contributed by atoms with Crippen molar-refractivity contribution in [3.63, 3.8) is 0 Å². The lowest BCUT2D eigenvalue weighted by Gasteiger charge is -2.41. The largest absolute Gasteiger partial charge is 0.377 e. The standard InChI is InChI=1S/C15H28N2O/c1-11(2)18-8-7-17-10-14(12-3-4-12)16-9-15(17)13-5-6-13/h11-16H,3-10H2,1-2H3. The molecule has 0 radical (unpaired) electrons. The van der Waals surface area contributed by atoms with Crippen LogP contribution < -0.4 is 5.32 Å². The van der Waals surface area contributed by atoms with Gasteiger partial charge in [0.2, 0.25) is 0 Å². The van der Waals surface area contributed by atoms with E-state index in [0.717, 1.165) is 37.1 Å². The van der Waals surface area contributed by atoms with Crippen LogP contribution in [0.2, 0.25) is 0 Å². The van der Waals surface area contributed by atoms with Gasteiger partial charge in [-0.05, 0) is 51.4 Å². The van der Waals surface area contributed by atoms with Crippen LogP contribution in [0.3, 0.4) is 0 Å². The van der Waals surface area contributed by atoms with Crippen LogP contribution in [0.15, 0.2) is 0 Å². The van der Waals surface area contributed by atoms with E-state index in [-0.39, 0.29) is 0 Å². The maximum Gasteiger partial charge on any atom is 0.0597 e. The first kappa shape index (κ1) is 12.9. The highest BCUT2D eigenvalue weighted by Crippen LogP contribution is 2.39. The SMILES string of the molecule is CC(C)OCCN1CC(C2CC2)NCC1C1CC1. The Morgan fingerprint density at radius 3 is 2.50 bits per heavy atom. The molecule has 1 N–H and O–H groups in total. The van der Waals surface area contributed by atoms with E-state index in [9.17, 15) is 0 Å². The maximum atomic E-state index is 5.74. The van der Waals surface area contributed by atoms with Crippen molar-refractivity contribution >= 4 is 0 Å². The van der Waals surface area contributed by atoms with Crippen molar-refractivity contribution in [1.82, 2.24) is 10.2 Å². The number of nitrogens with one attached hydrogen (secondary N) is 1. The first-order valence-electron chi connectivity index (χ1n) is 7.83. The number of nitrogens with zero attached hydrogens (tertiary/aromatic N) is 1. The molecule has 2 aliphatic carbocycles.